The number of aromatic nitrogens is 2. The standard InChI is InChI=1S/C10H9F2N3O/c11-8(12)5-16-9-6-3-1-2-4-7(6)14-10(13)15-9/h1-4,8H,5H2,(H2,13,14,15). The van der Waals surface area contributed by atoms with Gasteiger partial charge < -0.3 is 10.5 Å². The summed E-state index contributed by atoms with van der Waals surface area (Å²) in [4.78, 5) is 7.75. The van der Waals surface area contributed by atoms with Crippen LogP contribution in [0.4, 0.5) is 14.7 Å². The van der Waals surface area contributed by atoms with Gasteiger partial charge in [-0.05, 0) is 12.1 Å². The number of halogens is 2. The van der Waals surface area contributed by atoms with Gasteiger partial charge in [0.2, 0.25) is 11.8 Å². The maximum atomic E-state index is 12.0. The summed E-state index contributed by atoms with van der Waals surface area (Å²) in [5.74, 6) is 0.0892. The van der Waals surface area contributed by atoms with Gasteiger partial charge in [-0.2, -0.15) is 4.98 Å². The molecule has 2 N–H and O–H groups in total. The fourth-order valence-corrected chi connectivity index (χ4v) is 1.32. The van der Waals surface area contributed by atoms with Crippen LogP contribution < -0.4 is 10.5 Å². The number of rotatable bonds is 3. The lowest BCUT2D eigenvalue weighted by molar-refractivity contribution is 0.0805. The number of fused-ring (bicyclic) bond motifs is 1. The first-order chi connectivity index (χ1) is 7.66. The van der Waals surface area contributed by atoms with Crippen LogP contribution in [0.5, 0.6) is 5.88 Å². The molecule has 0 radical (unpaired) electrons. The van der Waals surface area contributed by atoms with Gasteiger partial charge in [0.05, 0.1) is 10.9 Å². The Kier molecular flexibility index (Phi) is 2.80. The van der Waals surface area contributed by atoms with Gasteiger partial charge in [0.15, 0.2) is 6.61 Å². The summed E-state index contributed by atoms with van der Waals surface area (Å²) in [6.45, 7) is -0.708. The molecule has 1 aromatic carbocycles. The van der Waals surface area contributed by atoms with Crippen LogP contribution >= 0.6 is 0 Å². The second kappa shape index (κ2) is 4.26. The van der Waals surface area contributed by atoms with E-state index in [1.54, 1.807) is 24.3 Å². The third-order valence-electron chi connectivity index (χ3n) is 1.93. The Labute approximate surface area is 90.1 Å². The summed E-state index contributed by atoms with van der Waals surface area (Å²) >= 11 is 0. The third-order valence-corrected chi connectivity index (χ3v) is 1.93. The van der Waals surface area contributed by atoms with Gasteiger partial charge in [-0.1, -0.05) is 12.1 Å². The van der Waals surface area contributed by atoms with Crippen molar-refractivity contribution >= 4 is 16.9 Å². The molecule has 0 fully saturated rings. The SMILES string of the molecule is Nc1nc(OCC(F)F)c2ccccc2n1. The van der Waals surface area contributed by atoms with Crippen LogP contribution in [-0.4, -0.2) is 23.0 Å². The second-order valence-electron chi connectivity index (χ2n) is 3.11. The van der Waals surface area contributed by atoms with E-state index in [1.165, 1.54) is 0 Å². The maximum absolute atomic E-state index is 12.0. The van der Waals surface area contributed by atoms with Gasteiger partial charge >= 0.3 is 0 Å². The summed E-state index contributed by atoms with van der Waals surface area (Å²) in [5.41, 5.74) is 6.01. The minimum atomic E-state index is -2.55. The number of alkyl halides is 2. The lowest BCUT2D eigenvalue weighted by atomic mass is 10.2. The number of hydrogen-bond acceptors (Lipinski definition) is 4. The molecule has 0 saturated heterocycles. The average Bonchev–Trinajstić information content (AvgIpc) is 2.25. The van der Waals surface area contributed by atoms with E-state index < -0.39 is 13.0 Å². The molecule has 0 saturated carbocycles. The Balaban J connectivity index is 2.42. The highest BCUT2D eigenvalue weighted by Crippen LogP contribution is 2.22. The van der Waals surface area contributed by atoms with Crippen LogP contribution in [0.15, 0.2) is 24.3 Å². The molecule has 4 nitrogen and oxygen atoms in total. The van der Waals surface area contributed by atoms with Crippen LogP contribution in [0.2, 0.25) is 0 Å². The van der Waals surface area contributed by atoms with Gasteiger partial charge in [0.25, 0.3) is 6.43 Å². The summed E-state index contributed by atoms with van der Waals surface area (Å²) < 4.78 is 28.9. The molecule has 16 heavy (non-hydrogen) atoms. The topological polar surface area (TPSA) is 61.0 Å². The molecule has 6 heteroatoms. The fourth-order valence-electron chi connectivity index (χ4n) is 1.32. The molecule has 0 aliphatic rings. The smallest absolute Gasteiger partial charge is 0.272 e. The van der Waals surface area contributed by atoms with E-state index in [1.807, 2.05) is 0 Å². The summed E-state index contributed by atoms with van der Waals surface area (Å²) in [5, 5.41) is 0.567. The van der Waals surface area contributed by atoms with Gasteiger partial charge in [-0.25, -0.2) is 13.8 Å². The highest BCUT2D eigenvalue weighted by Gasteiger charge is 2.09. The summed E-state index contributed by atoms with van der Waals surface area (Å²) in [7, 11) is 0. The van der Waals surface area contributed by atoms with E-state index in [-0.39, 0.29) is 11.8 Å². The van der Waals surface area contributed by atoms with Gasteiger partial charge in [0.1, 0.15) is 0 Å². The average molecular weight is 225 g/mol. The zero-order valence-electron chi connectivity index (χ0n) is 8.23. The quantitative estimate of drug-likeness (QED) is 0.866. The van der Waals surface area contributed by atoms with E-state index in [0.717, 1.165) is 0 Å². The number of ether oxygens (including phenoxy) is 1. The lowest BCUT2D eigenvalue weighted by Crippen LogP contribution is -2.09. The van der Waals surface area contributed by atoms with Gasteiger partial charge in [0, 0.05) is 0 Å². The van der Waals surface area contributed by atoms with Crippen LogP contribution in [-0.2, 0) is 0 Å². The normalized spacial score (nSPS) is 10.9. The van der Waals surface area contributed by atoms with Crippen molar-refractivity contribution in [3.8, 4) is 5.88 Å². The lowest BCUT2D eigenvalue weighted by Gasteiger charge is -2.07. The Morgan fingerprint density at radius 1 is 1.25 bits per heavy atom. The first-order valence-electron chi connectivity index (χ1n) is 4.60. The summed E-state index contributed by atoms with van der Waals surface area (Å²) in [6, 6.07) is 6.92. The van der Waals surface area contributed by atoms with E-state index >= 15 is 0 Å². The molecular formula is C10H9F2N3O. The largest absolute Gasteiger partial charge is 0.471 e. The molecule has 2 aromatic rings. The number of nitrogens with two attached hydrogens (primary N) is 1. The Morgan fingerprint density at radius 3 is 2.75 bits per heavy atom. The number of hydrogen-bond donors (Lipinski definition) is 1. The fraction of sp³-hybridized carbons (Fsp3) is 0.200. The van der Waals surface area contributed by atoms with Crippen molar-refractivity contribution in [1.82, 2.24) is 9.97 Å². The maximum Gasteiger partial charge on any atom is 0.272 e. The molecule has 84 valence electrons. The molecule has 0 spiro atoms. The van der Waals surface area contributed by atoms with Crippen molar-refractivity contribution in [1.29, 1.82) is 0 Å². The minimum absolute atomic E-state index is 0.00275. The molecule has 1 aromatic heterocycles. The van der Waals surface area contributed by atoms with Crippen LogP contribution in [0, 0.1) is 0 Å². The first kappa shape index (κ1) is 10.5. The van der Waals surface area contributed by atoms with E-state index in [9.17, 15) is 8.78 Å². The zero-order valence-corrected chi connectivity index (χ0v) is 8.23. The molecule has 0 atom stereocenters. The Morgan fingerprint density at radius 2 is 2.00 bits per heavy atom. The molecule has 0 amide bonds. The van der Waals surface area contributed by atoms with Crippen molar-refractivity contribution in [3.05, 3.63) is 24.3 Å². The monoisotopic (exact) mass is 225 g/mol. The van der Waals surface area contributed by atoms with Crippen LogP contribution in [0.25, 0.3) is 10.9 Å². The zero-order chi connectivity index (χ0) is 11.5. The second-order valence-corrected chi connectivity index (χ2v) is 3.11. The van der Waals surface area contributed by atoms with Gasteiger partial charge in [-0.3, -0.25) is 0 Å². The van der Waals surface area contributed by atoms with Crippen LogP contribution in [0.3, 0.4) is 0 Å². The Bertz CT molecular complexity index is 504. The van der Waals surface area contributed by atoms with Crippen molar-refractivity contribution < 1.29 is 13.5 Å². The van der Waals surface area contributed by atoms with E-state index in [0.29, 0.717) is 10.9 Å². The highest BCUT2D eigenvalue weighted by molar-refractivity contribution is 5.84. The molecular weight excluding hydrogens is 216 g/mol. The highest BCUT2D eigenvalue weighted by atomic mass is 19.3. The minimum Gasteiger partial charge on any atom is -0.471 e. The number of nitrogens with zero attached hydrogens (tertiary/aromatic N) is 2. The first-order valence-corrected chi connectivity index (χ1v) is 4.60. The van der Waals surface area contributed by atoms with Crippen molar-refractivity contribution in [2.45, 2.75) is 6.43 Å². The third kappa shape index (κ3) is 2.16. The predicted molar refractivity (Wildman–Crippen MR) is 55.4 cm³/mol. The van der Waals surface area contributed by atoms with E-state index in [4.69, 9.17) is 10.5 Å². The number of nitrogen functional groups attached to an aromatic ring is 1. The molecule has 0 bridgehead atoms. The number of benzene rings is 1. The summed E-state index contributed by atoms with van der Waals surface area (Å²) in [6.07, 6.45) is -2.55. The molecule has 2 rings (SSSR count). The number of para-hydroxylation sites is 1. The van der Waals surface area contributed by atoms with Crippen LogP contribution in [0.1, 0.15) is 0 Å². The molecule has 1 heterocycles. The van der Waals surface area contributed by atoms with Crippen molar-refractivity contribution in [2.24, 2.45) is 0 Å². The van der Waals surface area contributed by atoms with E-state index in [2.05, 4.69) is 9.97 Å². The molecule has 0 unspecified atom stereocenters. The molecule has 0 aliphatic heterocycles. The van der Waals surface area contributed by atoms with Gasteiger partial charge in [-0.15, -0.1) is 0 Å². The van der Waals surface area contributed by atoms with Crippen molar-refractivity contribution in [2.75, 3.05) is 12.3 Å². The Hall–Kier alpha value is -1.98. The van der Waals surface area contributed by atoms with Crippen molar-refractivity contribution in [3.63, 3.8) is 0 Å². The number of anilines is 1. The molecule has 0 aliphatic carbocycles. The predicted octanol–water partition coefficient (Wildman–Crippen LogP) is 1.86.